The molecular weight excluding hydrogens is 896 g/mol. The molecule has 2 heterocycles. The normalized spacial score (nSPS) is 27.3. The van der Waals surface area contributed by atoms with Gasteiger partial charge in [0, 0.05) is 13.1 Å². The second-order valence-corrected chi connectivity index (χ2v) is 24.7. The predicted molar refractivity (Wildman–Crippen MR) is 256 cm³/mol. The molecule has 2 aliphatic heterocycles. The molecule has 0 spiro atoms. The van der Waals surface area contributed by atoms with Crippen molar-refractivity contribution >= 4 is 65.5 Å². The van der Waals surface area contributed by atoms with Crippen molar-refractivity contribution in [2.24, 2.45) is 74.4 Å². The average molecular weight is 978 g/mol. The number of ether oxygens (including phenoxy) is 1. The maximum Gasteiger partial charge on any atom is 0.408 e. The molecule has 68 heavy (non-hydrogen) atoms. The minimum absolute atomic E-state index is 0. The molecule has 6 rings (SSSR count). The van der Waals surface area contributed by atoms with Gasteiger partial charge in [-0.3, -0.25) is 38.4 Å². The molecule has 6 aliphatic rings. The first-order valence-electron chi connectivity index (χ1n) is 24.2. The number of primary amides is 2. The van der Waals surface area contributed by atoms with E-state index in [1.807, 2.05) is 41.5 Å². The van der Waals surface area contributed by atoms with Gasteiger partial charge in [0.05, 0.1) is 18.1 Å². The van der Waals surface area contributed by atoms with Crippen LogP contribution in [0.15, 0.2) is 0 Å². The van der Waals surface area contributed by atoms with E-state index in [4.69, 9.17) is 21.9 Å². The number of fused-ring (bicyclic) bond motifs is 2. The lowest BCUT2D eigenvalue weighted by Crippen LogP contribution is -2.61. The number of piperidine rings is 2. The summed E-state index contributed by atoms with van der Waals surface area (Å²) in [6, 6.07) is -5.11. The lowest BCUT2D eigenvalue weighted by molar-refractivity contribution is -0.145. The number of Topliss-reactive ketones (excluding diaryl/α,β-unsaturated/α-hetero) is 2. The van der Waals surface area contributed by atoms with E-state index in [1.165, 1.54) is 4.90 Å². The third-order valence-corrected chi connectivity index (χ3v) is 15.8. The molecule has 9 N–H and O–H groups in total. The zero-order valence-electron chi connectivity index (χ0n) is 42.6. The van der Waals surface area contributed by atoms with Crippen LogP contribution in [0.5, 0.6) is 0 Å². The number of nitrogens with one attached hydrogen (secondary N) is 3. The molecule has 2 saturated heterocycles. The summed E-state index contributed by atoms with van der Waals surface area (Å²) in [4.78, 5) is 118. The van der Waals surface area contributed by atoms with Crippen LogP contribution in [0.2, 0.25) is 0 Å². The molecule has 18 nitrogen and oxygen atoms in total. The van der Waals surface area contributed by atoms with Gasteiger partial charge in [-0.15, -0.1) is 12.4 Å². The molecule has 0 aromatic carbocycles. The zero-order chi connectivity index (χ0) is 50.7. The van der Waals surface area contributed by atoms with E-state index in [9.17, 15) is 43.2 Å². The predicted octanol–water partition coefficient (Wildman–Crippen LogP) is 3.13. The van der Waals surface area contributed by atoms with Gasteiger partial charge in [0.25, 0.3) is 11.8 Å². The smallest absolute Gasteiger partial charge is 0.408 e. The number of amides is 7. The van der Waals surface area contributed by atoms with Crippen molar-refractivity contribution in [1.29, 1.82) is 0 Å². The standard InChI is InChI=1S/C27H44N4O6.C22H36N4O4.ClH/c1-25(2,3)20(30-24(36)37-26(4,5)6)23(35)31-13-15-17(27(15,7)8)18(31)22(34)29-16(19(32)21(28)33)12-14-10-9-11-14;1-21(2,3)17(23)20(30)26-10-12-14(22(12,4)5)15(26)19(29)25-13(16(27)18(24)28)9-11-7-6-8-11;/h14-18,20H,9-13H2,1-8H3,(H2,28,33)(H,29,34)(H,30,36);11-15,17H,6-10,23H2,1-5H3,(H2,24,28)(H,25,29);1H/t15-,16?,17-,18-,20?;12-,13?,14-,15-,17?;/m00./s1. The molecule has 0 bridgehead atoms. The Morgan fingerprint density at radius 2 is 0.971 bits per heavy atom. The number of alkyl carbamates (subject to hydrolysis) is 1. The Balaban J connectivity index is 0.000000298. The monoisotopic (exact) mass is 977 g/mol. The van der Waals surface area contributed by atoms with Crippen molar-refractivity contribution in [2.45, 2.75) is 183 Å². The van der Waals surface area contributed by atoms with Crippen molar-refractivity contribution < 1.29 is 47.9 Å². The van der Waals surface area contributed by atoms with E-state index in [0.717, 1.165) is 38.5 Å². The van der Waals surface area contributed by atoms with Crippen LogP contribution >= 0.6 is 12.4 Å². The van der Waals surface area contributed by atoms with Gasteiger partial charge in [0.1, 0.15) is 23.7 Å². The van der Waals surface area contributed by atoms with E-state index in [1.54, 1.807) is 25.7 Å². The SMILES string of the molecule is CC(C)(C)C(N)C(=O)N1C[C@H]2[C@@H]([C@H]1C(=O)NC(CC1CCC1)C(=O)C(N)=O)C2(C)C.CC(C)(C)OC(=O)NC(C(=O)N1C[C@H]2[C@@H]([C@H]1C(=O)NC(CC1CCC1)C(=O)C(N)=O)C2(C)C)C(C)(C)C.Cl. The van der Waals surface area contributed by atoms with Crippen LogP contribution in [-0.4, -0.2) is 118 Å². The first-order valence-corrected chi connectivity index (χ1v) is 24.2. The number of hydrogen-bond acceptors (Lipinski definition) is 11. The lowest BCUT2D eigenvalue weighted by atomic mass is 9.80. The Labute approximate surface area is 408 Å². The fourth-order valence-electron chi connectivity index (χ4n) is 10.9. The number of nitrogens with two attached hydrogens (primary N) is 3. The summed E-state index contributed by atoms with van der Waals surface area (Å²) in [7, 11) is 0. The molecule has 4 aliphatic carbocycles. The minimum Gasteiger partial charge on any atom is -0.444 e. The third kappa shape index (κ3) is 12.2. The van der Waals surface area contributed by atoms with Gasteiger partial charge in [-0.25, -0.2) is 4.79 Å². The average Bonchev–Trinajstić information content (AvgIpc) is 3.62. The minimum atomic E-state index is -1.08. The Morgan fingerprint density at radius 3 is 1.26 bits per heavy atom. The van der Waals surface area contributed by atoms with Crippen LogP contribution in [0.25, 0.3) is 0 Å². The van der Waals surface area contributed by atoms with E-state index < -0.39 is 88.1 Å². The number of likely N-dealkylation sites (tertiary alicyclic amines) is 2. The molecule has 0 radical (unpaired) electrons. The molecule has 4 unspecified atom stereocenters. The van der Waals surface area contributed by atoms with Gasteiger partial charge in [-0.2, -0.15) is 0 Å². The number of halogens is 1. The molecule has 384 valence electrons. The van der Waals surface area contributed by atoms with Crippen LogP contribution in [-0.2, 0) is 43.1 Å². The fourth-order valence-corrected chi connectivity index (χ4v) is 10.9. The Bertz CT molecular complexity index is 2000. The number of rotatable bonds is 15. The fraction of sp³-hybridized carbons (Fsp3) is 0.816. The van der Waals surface area contributed by atoms with Gasteiger partial charge in [-0.05, 0) is 90.8 Å². The van der Waals surface area contributed by atoms with Gasteiger partial charge < -0.3 is 47.7 Å². The molecule has 4 saturated carbocycles. The number of carbonyl (C=O) groups is 9. The number of nitrogens with zero attached hydrogens (tertiary/aromatic N) is 2. The van der Waals surface area contributed by atoms with Crippen molar-refractivity contribution in [3.8, 4) is 0 Å². The van der Waals surface area contributed by atoms with Gasteiger partial charge in [-0.1, -0.05) is 108 Å². The summed E-state index contributed by atoms with van der Waals surface area (Å²) < 4.78 is 5.39. The Morgan fingerprint density at radius 1 is 0.603 bits per heavy atom. The Kier molecular flexibility index (Phi) is 16.7. The topological polar surface area (TPSA) is 283 Å². The quantitative estimate of drug-likeness (QED) is 0.130. The van der Waals surface area contributed by atoms with Crippen molar-refractivity contribution in [1.82, 2.24) is 25.8 Å². The number of hydrogen-bond donors (Lipinski definition) is 6. The first-order chi connectivity index (χ1) is 30.6. The van der Waals surface area contributed by atoms with Crippen LogP contribution in [0, 0.1) is 57.2 Å². The molecule has 7 amide bonds. The maximum atomic E-state index is 13.9. The summed E-state index contributed by atoms with van der Waals surface area (Å²) in [5.41, 5.74) is 14.7. The zero-order valence-corrected chi connectivity index (χ0v) is 43.4. The van der Waals surface area contributed by atoms with E-state index in [0.29, 0.717) is 31.8 Å². The highest BCUT2D eigenvalue weighted by Crippen LogP contribution is 2.66. The second-order valence-electron chi connectivity index (χ2n) is 24.7. The number of ketones is 2. The van der Waals surface area contributed by atoms with Crippen molar-refractivity contribution in [3.05, 3.63) is 0 Å². The van der Waals surface area contributed by atoms with Crippen LogP contribution in [0.3, 0.4) is 0 Å². The summed E-state index contributed by atoms with van der Waals surface area (Å²) in [6.45, 7) is 25.6. The third-order valence-electron chi connectivity index (χ3n) is 15.8. The molecule has 6 fully saturated rings. The highest BCUT2D eigenvalue weighted by molar-refractivity contribution is 6.38. The van der Waals surface area contributed by atoms with Crippen LogP contribution in [0.4, 0.5) is 4.79 Å². The summed E-state index contributed by atoms with van der Waals surface area (Å²) in [6.07, 6.45) is 6.03. The van der Waals surface area contributed by atoms with Crippen molar-refractivity contribution in [3.63, 3.8) is 0 Å². The highest BCUT2D eigenvalue weighted by Gasteiger charge is 2.71. The summed E-state index contributed by atoms with van der Waals surface area (Å²) in [5.74, 6) is -4.37. The van der Waals surface area contributed by atoms with Gasteiger partial charge in [0.2, 0.25) is 35.2 Å². The summed E-state index contributed by atoms with van der Waals surface area (Å²) in [5, 5.41) is 8.26. The highest BCUT2D eigenvalue weighted by atomic mass is 35.5. The molecular formula is C49H81ClN8O10. The molecule has 0 aromatic rings. The first kappa shape index (κ1) is 56.3. The van der Waals surface area contributed by atoms with Crippen molar-refractivity contribution in [2.75, 3.05) is 13.1 Å². The largest absolute Gasteiger partial charge is 0.444 e. The molecule has 10 atom stereocenters. The maximum absolute atomic E-state index is 13.9. The second kappa shape index (κ2) is 20.2. The van der Waals surface area contributed by atoms with Gasteiger partial charge in [0.15, 0.2) is 0 Å². The Hall–Kier alpha value is -4.32. The molecule has 19 heteroatoms. The van der Waals surface area contributed by atoms with E-state index >= 15 is 0 Å². The van der Waals surface area contributed by atoms with Crippen LogP contribution < -0.4 is 33.2 Å². The molecule has 0 aromatic heterocycles. The van der Waals surface area contributed by atoms with E-state index in [2.05, 4.69) is 43.6 Å². The number of carbonyl (C=O) groups excluding carboxylic acids is 9. The lowest BCUT2D eigenvalue weighted by Gasteiger charge is -2.38. The van der Waals surface area contributed by atoms with Gasteiger partial charge >= 0.3 is 6.09 Å². The van der Waals surface area contributed by atoms with E-state index in [-0.39, 0.29) is 70.5 Å². The van der Waals surface area contributed by atoms with Crippen LogP contribution in [0.1, 0.15) is 141 Å². The summed E-state index contributed by atoms with van der Waals surface area (Å²) >= 11 is 0.